The maximum atomic E-state index is 12.1. The quantitative estimate of drug-likeness (QED) is 0.830. The third kappa shape index (κ3) is 3.23. The Morgan fingerprint density at radius 1 is 1.22 bits per heavy atom. The molecule has 2 atom stereocenters. The molecule has 1 N–H and O–H groups in total. The van der Waals surface area contributed by atoms with Gasteiger partial charge in [0.1, 0.15) is 0 Å². The number of amides is 2. The van der Waals surface area contributed by atoms with E-state index in [1.165, 1.54) is 5.56 Å². The molecule has 98 valence electrons. The van der Waals surface area contributed by atoms with Crippen molar-refractivity contribution in [3.05, 3.63) is 29.8 Å². The number of nitrogens with zero attached hydrogens (tertiary/aromatic N) is 1. The van der Waals surface area contributed by atoms with Crippen LogP contribution in [-0.2, 0) is 4.74 Å². The molecule has 4 heteroatoms. The smallest absolute Gasteiger partial charge is 0.322 e. The van der Waals surface area contributed by atoms with Crippen molar-refractivity contribution in [2.75, 3.05) is 18.4 Å². The summed E-state index contributed by atoms with van der Waals surface area (Å²) in [6, 6.07) is 7.75. The van der Waals surface area contributed by atoms with E-state index in [-0.39, 0.29) is 18.2 Å². The summed E-state index contributed by atoms with van der Waals surface area (Å²) < 4.78 is 5.61. The number of ether oxygens (including phenoxy) is 1. The monoisotopic (exact) mass is 248 g/mol. The van der Waals surface area contributed by atoms with Crippen LogP contribution in [0.3, 0.4) is 0 Å². The molecule has 1 fully saturated rings. The minimum absolute atomic E-state index is 0.0548. The molecule has 0 aliphatic carbocycles. The molecule has 1 aromatic rings. The fourth-order valence-corrected chi connectivity index (χ4v) is 2.18. The highest BCUT2D eigenvalue weighted by Gasteiger charge is 2.25. The normalized spacial score (nSPS) is 23.8. The highest BCUT2D eigenvalue weighted by molar-refractivity contribution is 5.89. The Balaban J connectivity index is 1.97. The third-order valence-electron chi connectivity index (χ3n) is 3.01. The highest BCUT2D eigenvalue weighted by Crippen LogP contribution is 2.14. The first-order valence-corrected chi connectivity index (χ1v) is 6.32. The van der Waals surface area contributed by atoms with Gasteiger partial charge in [-0.2, -0.15) is 0 Å². The van der Waals surface area contributed by atoms with Crippen molar-refractivity contribution in [1.82, 2.24) is 4.90 Å². The molecule has 1 saturated heterocycles. The van der Waals surface area contributed by atoms with Crippen molar-refractivity contribution in [3.8, 4) is 0 Å². The number of aryl methyl sites for hydroxylation is 1. The van der Waals surface area contributed by atoms with E-state index in [1.54, 1.807) is 4.90 Å². The summed E-state index contributed by atoms with van der Waals surface area (Å²) in [4.78, 5) is 13.9. The van der Waals surface area contributed by atoms with E-state index in [1.807, 2.05) is 45.0 Å². The van der Waals surface area contributed by atoms with Crippen molar-refractivity contribution in [1.29, 1.82) is 0 Å². The second-order valence-corrected chi connectivity index (χ2v) is 4.96. The largest absolute Gasteiger partial charge is 0.372 e. The number of carbonyl (C=O) groups excluding carboxylic acids is 1. The molecular weight excluding hydrogens is 228 g/mol. The first kappa shape index (κ1) is 12.9. The minimum Gasteiger partial charge on any atom is -0.372 e. The maximum Gasteiger partial charge on any atom is 0.322 e. The zero-order valence-electron chi connectivity index (χ0n) is 11.1. The number of nitrogens with one attached hydrogen (secondary N) is 1. The minimum atomic E-state index is -0.0548. The summed E-state index contributed by atoms with van der Waals surface area (Å²) >= 11 is 0. The van der Waals surface area contributed by atoms with Gasteiger partial charge in [0.05, 0.1) is 12.2 Å². The molecule has 0 bridgehead atoms. The van der Waals surface area contributed by atoms with Crippen molar-refractivity contribution in [2.45, 2.75) is 33.0 Å². The maximum absolute atomic E-state index is 12.1. The molecule has 0 saturated carbocycles. The van der Waals surface area contributed by atoms with Gasteiger partial charge in [-0.3, -0.25) is 0 Å². The first-order valence-electron chi connectivity index (χ1n) is 6.32. The van der Waals surface area contributed by atoms with Gasteiger partial charge in [0, 0.05) is 18.8 Å². The summed E-state index contributed by atoms with van der Waals surface area (Å²) in [5.41, 5.74) is 2.01. The number of carbonyl (C=O) groups is 1. The number of hydrogen-bond acceptors (Lipinski definition) is 2. The Bertz CT molecular complexity index is 406. The second kappa shape index (κ2) is 5.40. The molecule has 0 radical (unpaired) electrons. The van der Waals surface area contributed by atoms with E-state index in [4.69, 9.17) is 4.74 Å². The van der Waals surface area contributed by atoms with Crippen molar-refractivity contribution in [3.63, 3.8) is 0 Å². The van der Waals surface area contributed by atoms with Crippen LogP contribution in [0.15, 0.2) is 24.3 Å². The lowest BCUT2D eigenvalue weighted by atomic mass is 10.2. The molecular formula is C14H20N2O2. The Kier molecular flexibility index (Phi) is 3.87. The molecule has 2 unspecified atom stereocenters. The van der Waals surface area contributed by atoms with Crippen LogP contribution in [-0.4, -0.2) is 36.2 Å². The zero-order chi connectivity index (χ0) is 13.1. The lowest BCUT2D eigenvalue weighted by Gasteiger charge is -2.35. The Morgan fingerprint density at radius 3 is 2.33 bits per heavy atom. The summed E-state index contributed by atoms with van der Waals surface area (Å²) in [7, 11) is 0. The van der Waals surface area contributed by atoms with Crippen LogP contribution in [0, 0.1) is 6.92 Å². The third-order valence-corrected chi connectivity index (χ3v) is 3.01. The summed E-state index contributed by atoms with van der Waals surface area (Å²) in [6.45, 7) is 7.28. The number of urea groups is 1. The van der Waals surface area contributed by atoms with Crippen molar-refractivity contribution >= 4 is 11.7 Å². The van der Waals surface area contributed by atoms with Gasteiger partial charge in [0.15, 0.2) is 0 Å². The van der Waals surface area contributed by atoms with E-state index in [9.17, 15) is 4.79 Å². The van der Waals surface area contributed by atoms with Gasteiger partial charge in [-0.1, -0.05) is 17.7 Å². The Morgan fingerprint density at radius 2 is 1.78 bits per heavy atom. The second-order valence-electron chi connectivity index (χ2n) is 4.96. The van der Waals surface area contributed by atoms with Gasteiger partial charge < -0.3 is 15.0 Å². The molecule has 4 nitrogen and oxygen atoms in total. The molecule has 1 aromatic carbocycles. The van der Waals surface area contributed by atoms with E-state index < -0.39 is 0 Å². The Labute approximate surface area is 108 Å². The predicted octanol–water partition coefficient (Wildman–Crippen LogP) is 2.64. The topological polar surface area (TPSA) is 41.6 Å². The molecule has 2 rings (SSSR count). The standard InChI is InChI=1S/C14H20N2O2/c1-10-4-6-13(7-5-10)15-14(17)16-8-11(2)18-12(3)9-16/h4-7,11-12H,8-9H2,1-3H3,(H,15,17). The van der Waals surface area contributed by atoms with Crippen LogP contribution in [0.25, 0.3) is 0 Å². The highest BCUT2D eigenvalue weighted by atomic mass is 16.5. The van der Waals surface area contributed by atoms with Gasteiger partial charge in [0.2, 0.25) is 0 Å². The zero-order valence-corrected chi connectivity index (χ0v) is 11.1. The fourth-order valence-electron chi connectivity index (χ4n) is 2.18. The first-order chi connectivity index (χ1) is 8.54. The fraction of sp³-hybridized carbons (Fsp3) is 0.500. The van der Waals surface area contributed by atoms with E-state index >= 15 is 0 Å². The van der Waals surface area contributed by atoms with Crippen LogP contribution < -0.4 is 5.32 Å². The molecule has 0 aromatic heterocycles. The molecule has 2 amide bonds. The number of anilines is 1. The van der Waals surface area contributed by atoms with Crippen LogP contribution >= 0.6 is 0 Å². The van der Waals surface area contributed by atoms with Crippen molar-refractivity contribution in [2.24, 2.45) is 0 Å². The molecule has 1 aliphatic heterocycles. The Hall–Kier alpha value is -1.55. The van der Waals surface area contributed by atoms with Crippen LogP contribution in [0.4, 0.5) is 10.5 Å². The predicted molar refractivity (Wildman–Crippen MR) is 71.8 cm³/mol. The lowest BCUT2D eigenvalue weighted by molar-refractivity contribution is -0.0530. The van der Waals surface area contributed by atoms with Gasteiger partial charge in [-0.05, 0) is 32.9 Å². The number of morpholine rings is 1. The van der Waals surface area contributed by atoms with E-state index in [0.29, 0.717) is 13.1 Å². The van der Waals surface area contributed by atoms with E-state index in [0.717, 1.165) is 5.69 Å². The molecule has 1 aliphatic rings. The van der Waals surface area contributed by atoms with Gasteiger partial charge in [-0.25, -0.2) is 4.79 Å². The van der Waals surface area contributed by atoms with Gasteiger partial charge in [-0.15, -0.1) is 0 Å². The summed E-state index contributed by atoms with van der Waals surface area (Å²) in [5, 5.41) is 2.91. The van der Waals surface area contributed by atoms with Crippen LogP contribution in [0.5, 0.6) is 0 Å². The summed E-state index contributed by atoms with van der Waals surface area (Å²) in [6.07, 6.45) is 0.190. The van der Waals surface area contributed by atoms with E-state index in [2.05, 4.69) is 5.32 Å². The number of hydrogen-bond donors (Lipinski definition) is 1. The summed E-state index contributed by atoms with van der Waals surface area (Å²) in [5.74, 6) is 0. The average Bonchev–Trinajstić information content (AvgIpc) is 2.31. The number of rotatable bonds is 1. The number of benzene rings is 1. The lowest BCUT2D eigenvalue weighted by Crippen LogP contribution is -2.49. The average molecular weight is 248 g/mol. The van der Waals surface area contributed by atoms with Crippen LogP contribution in [0.1, 0.15) is 19.4 Å². The molecule has 0 spiro atoms. The SMILES string of the molecule is Cc1ccc(NC(=O)N2CC(C)OC(C)C2)cc1. The van der Waals surface area contributed by atoms with Gasteiger partial charge >= 0.3 is 6.03 Å². The van der Waals surface area contributed by atoms with Gasteiger partial charge in [0.25, 0.3) is 0 Å². The molecule has 18 heavy (non-hydrogen) atoms. The molecule has 1 heterocycles. The van der Waals surface area contributed by atoms with Crippen LogP contribution in [0.2, 0.25) is 0 Å². The van der Waals surface area contributed by atoms with Crippen molar-refractivity contribution < 1.29 is 9.53 Å².